The molecule has 0 unspecified atom stereocenters. The number of hydrogen-bond donors (Lipinski definition) is 0. The third kappa shape index (κ3) is 3.42. The first kappa shape index (κ1) is 13.3. The van der Waals surface area contributed by atoms with Crippen LogP contribution in [0.5, 0.6) is 0 Å². The largest absolute Gasteiger partial charge is 0.378 e. The Bertz CT molecular complexity index is 590. The van der Waals surface area contributed by atoms with Gasteiger partial charge in [-0.25, -0.2) is 0 Å². The molecule has 0 spiro atoms. The summed E-state index contributed by atoms with van der Waals surface area (Å²) in [5.41, 5.74) is -0.157. The van der Waals surface area contributed by atoms with Crippen molar-refractivity contribution in [2.45, 2.75) is 19.2 Å². The van der Waals surface area contributed by atoms with Crippen molar-refractivity contribution in [1.82, 2.24) is 9.13 Å². The van der Waals surface area contributed by atoms with Crippen LogP contribution in [0.25, 0.3) is 0 Å². The molecule has 100 valence electrons. The van der Waals surface area contributed by atoms with Gasteiger partial charge in [-0.05, 0) is 12.1 Å². The lowest BCUT2D eigenvalue weighted by Gasteiger charge is -2.17. The lowest BCUT2D eigenvalue weighted by atomic mass is 10.3. The summed E-state index contributed by atoms with van der Waals surface area (Å²) in [6.45, 7) is 0.828. The van der Waals surface area contributed by atoms with E-state index in [4.69, 9.17) is 4.74 Å². The van der Waals surface area contributed by atoms with E-state index in [1.807, 2.05) is 0 Å². The van der Waals surface area contributed by atoms with E-state index >= 15 is 0 Å². The highest BCUT2D eigenvalue weighted by molar-refractivity contribution is 4.95. The first-order valence-corrected chi connectivity index (χ1v) is 6.04. The first-order chi connectivity index (χ1) is 9.20. The zero-order valence-corrected chi connectivity index (χ0v) is 10.7. The van der Waals surface area contributed by atoms with Gasteiger partial charge in [-0.3, -0.25) is 9.59 Å². The predicted molar refractivity (Wildman–Crippen MR) is 72.2 cm³/mol. The number of methoxy groups -OCH3 is 1. The summed E-state index contributed by atoms with van der Waals surface area (Å²) in [6.07, 6.45) is 3.18. The third-order valence-corrected chi connectivity index (χ3v) is 2.93. The standard InChI is InChI=1S/C14H16N2O3/c1-19-12(10-15-8-4-2-6-13(15)17)11-16-9-5-3-7-14(16)18/h2-9,12H,10-11H2,1H3. The first-order valence-electron chi connectivity index (χ1n) is 6.04. The van der Waals surface area contributed by atoms with E-state index in [0.29, 0.717) is 13.1 Å². The van der Waals surface area contributed by atoms with E-state index in [0.717, 1.165) is 0 Å². The molecule has 0 saturated carbocycles. The van der Waals surface area contributed by atoms with Crippen LogP contribution < -0.4 is 11.1 Å². The lowest BCUT2D eigenvalue weighted by molar-refractivity contribution is 0.0716. The van der Waals surface area contributed by atoms with Crippen LogP contribution in [0.2, 0.25) is 0 Å². The second-order valence-corrected chi connectivity index (χ2v) is 4.24. The van der Waals surface area contributed by atoms with Gasteiger partial charge < -0.3 is 13.9 Å². The molecule has 0 fully saturated rings. The topological polar surface area (TPSA) is 53.2 Å². The molecule has 0 saturated heterocycles. The van der Waals surface area contributed by atoms with Crippen LogP contribution in [0.1, 0.15) is 0 Å². The van der Waals surface area contributed by atoms with Crippen molar-refractivity contribution in [3.63, 3.8) is 0 Å². The molecule has 2 rings (SSSR count). The normalized spacial score (nSPS) is 10.8. The van der Waals surface area contributed by atoms with Crippen molar-refractivity contribution in [3.8, 4) is 0 Å². The van der Waals surface area contributed by atoms with Crippen molar-refractivity contribution < 1.29 is 4.74 Å². The molecule has 0 amide bonds. The van der Waals surface area contributed by atoms with Gasteiger partial charge in [0.1, 0.15) is 0 Å². The molecule has 0 N–H and O–H groups in total. The van der Waals surface area contributed by atoms with Crippen LogP contribution in [0, 0.1) is 0 Å². The van der Waals surface area contributed by atoms with E-state index in [1.54, 1.807) is 52.9 Å². The number of hydrogen-bond acceptors (Lipinski definition) is 3. The Balaban J connectivity index is 2.14. The van der Waals surface area contributed by atoms with Gasteiger partial charge in [0, 0.05) is 31.6 Å². The number of ether oxygens (including phenoxy) is 1. The average molecular weight is 260 g/mol. The van der Waals surface area contributed by atoms with E-state index in [2.05, 4.69) is 0 Å². The van der Waals surface area contributed by atoms with Gasteiger partial charge in [0.25, 0.3) is 11.1 Å². The summed E-state index contributed by atoms with van der Waals surface area (Å²) in [6, 6.07) is 9.99. The van der Waals surface area contributed by atoms with Gasteiger partial charge in [-0.2, -0.15) is 0 Å². The summed E-state index contributed by atoms with van der Waals surface area (Å²) in [5.74, 6) is 0. The molecule has 2 heterocycles. The van der Waals surface area contributed by atoms with Gasteiger partial charge in [-0.1, -0.05) is 12.1 Å². The average Bonchev–Trinajstić information content (AvgIpc) is 2.42. The number of pyridine rings is 2. The molecule has 2 aromatic heterocycles. The van der Waals surface area contributed by atoms with Crippen molar-refractivity contribution in [2.24, 2.45) is 0 Å². The Morgan fingerprint density at radius 2 is 1.42 bits per heavy atom. The number of nitrogens with zero attached hydrogens (tertiary/aromatic N) is 2. The van der Waals surface area contributed by atoms with Crippen LogP contribution in [0.4, 0.5) is 0 Å². The van der Waals surface area contributed by atoms with Gasteiger partial charge >= 0.3 is 0 Å². The predicted octanol–water partition coefficient (Wildman–Crippen LogP) is 0.725. The minimum atomic E-state index is -0.236. The quantitative estimate of drug-likeness (QED) is 0.796. The molecule has 0 aliphatic rings. The Morgan fingerprint density at radius 3 is 1.79 bits per heavy atom. The Morgan fingerprint density at radius 1 is 0.947 bits per heavy atom. The zero-order valence-electron chi connectivity index (χ0n) is 10.7. The van der Waals surface area contributed by atoms with Gasteiger partial charge in [0.05, 0.1) is 19.2 Å². The highest BCUT2D eigenvalue weighted by Crippen LogP contribution is 1.98. The van der Waals surface area contributed by atoms with Gasteiger partial charge in [0.15, 0.2) is 0 Å². The van der Waals surface area contributed by atoms with Crippen LogP contribution in [0.15, 0.2) is 58.4 Å². The minimum absolute atomic E-state index is 0.0787. The van der Waals surface area contributed by atoms with Crippen molar-refractivity contribution >= 4 is 0 Å². The minimum Gasteiger partial charge on any atom is -0.378 e. The molecule has 0 aliphatic heterocycles. The van der Waals surface area contributed by atoms with Crippen molar-refractivity contribution in [3.05, 3.63) is 69.5 Å². The summed E-state index contributed by atoms with van der Waals surface area (Å²) in [5, 5.41) is 0. The monoisotopic (exact) mass is 260 g/mol. The highest BCUT2D eigenvalue weighted by Gasteiger charge is 2.10. The molecular weight excluding hydrogens is 244 g/mol. The molecule has 0 bridgehead atoms. The third-order valence-electron chi connectivity index (χ3n) is 2.93. The fourth-order valence-corrected chi connectivity index (χ4v) is 1.87. The maximum Gasteiger partial charge on any atom is 0.250 e. The summed E-state index contributed by atoms with van der Waals surface area (Å²) in [7, 11) is 1.58. The van der Waals surface area contributed by atoms with Crippen LogP contribution in [-0.2, 0) is 17.8 Å². The van der Waals surface area contributed by atoms with Crippen LogP contribution >= 0.6 is 0 Å². The molecule has 0 atom stereocenters. The Kier molecular flexibility index (Phi) is 4.30. The molecule has 5 nitrogen and oxygen atoms in total. The second-order valence-electron chi connectivity index (χ2n) is 4.24. The fraction of sp³-hybridized carbons (Fsp3) is 0.286. The van der Waals surface area contributed by atoms with E-state index in [1.165, 1.54) is 12.1 Å². The van der Waals surface area contributed by atoms with Gasteiger partial charge in [-0.15, -0.1) is 0 Å². The molecule has 0 aliphatic carbocycles. The summed E-state index contributed by atoms with van der Waals surface area (Å²) >= 11 is 0. The number of aromatic nitrogens is 2. The van der Waals surface area contributed by atoms with Gasteiger partial charge in [0.2, 0.25) is 0 Å². The molecular formula is C14H16N2O3. The lowest BCUT2D eigenvalue weighted by Crippen LogP contribution is -2.32. The summed E-state index contributed by atoms with van der Waals surface area (Å²) < 4.78 is 8.49. The fourth-order valence-electron chi connectivity index (χ4n) is 1.87. The Labute approximate surface area is 110 Å². The van der Waals surface area contributed by atoms with Crippen LogP contribution in [0.3, 0.4) is 0 Å². The molecule has 0 aromatic carbocycles. The Hall–Kier alpha value is -2.14. The second kappa shape index (κ2) is 6.15. The maximum absolute atomic E-state index is 11.6. The van der Waals surface area contributed by atoms with Crippen LogP contribution in [-0.4, -0.2) is 22.3 Å². The zero-order chi connectivity index (χ0) is 13.7. The number of rotatable bonds is 5. The highest BCUT2D eigenvalue weighted by atomic mass is 16.5. The molecule has 19 heavy (non-hydrogen) atoms. The van der Waals surface area contributed by atoms with E-state index in [-0.39, 0.29) is 17.2 Å². The summed E-state index contributed by atoms with van der Waals surface area (Å²) in [4.78, 5) is 23.3. The van der Waals surface area contributed by atoms with E-state index in [9.17, 15) is 9.59 Å². The van der Waals surface area contributed by atoms with Crippen molar-refractivity contribution in [1.29, 1.82) is 0 Å². The SMILES string of the molecule is COC(Cn1ccccc1=O)Cn1ccccc1=O. The molecule has 5 heteroatoms. The smallest absolute Gasteiger partial charge is 0.250 e. The molecule has 0 radical (unpaired) electrons. The van der Waals surface area contributed by atoms with E-state index < -0.39 is 0 Å². The van der Waals surface area contributed by atoms with Crippen molar-refractivity contribution in [2.75, 3.05) is 7.11 Å². The maximum atomic E-state index is 11.6. The molecule has 2 aromatic rings.